The van der Waals surface area contributed by atoms with E-state index in [0.29, 0.717) is 11.5 Å². The second kappa shape index (κ2) is 7.76. The van der Waals surface area contributed by atoms with Gasteiger partial charge >= 0.3 is 5.97 Å². The summed E-state index contributed by atoms with van der Waals surface area (Å²) >= 11 is 1.33. The van der Waals surface area contributed by atoms with Gasteiger partial charge in [-0.15, -0.1) is 0 Å². The molecule has 0 fully saturated rings. The van der Waals surface area contributed by atoms with Gasteiger partial charge in [0.2, 0.25) is 5.91 Å². The lowest BCUT2D eigenvalue weighted by molar-refractivity contribution is -0.136. The molecule has 2 N–H and O–H groups in total. The summed E-state index contributed by atoms with van der Waals surface area (Å²) in [4.78, 5) is 21.9. The number of carboxylic acids is 1. The number of aliphatic carboxylic acids is 1. The highest BCUT2D eigenvalue weighted by molar-refractivity contribution is 7.99. The minimum Gasteiger partial charge on any atom is -0.481 e. The van der Waals surface area contributed by atoms with Gasteiger partial charge in [0.25, 0.3) is 0 Å². The Labute approximate surface area is 111 Å². The van der Waals surface area contributed by atoms with Gasteiger partial charge in [0.05, 0.1) is 18.2 Å². The average molecular weight is 267 g/mol. The number of amides is 1. The molecule has 0 bridgehead atoms. The fraction of sp³-hybridized carbons (Fsp3) is 0.385. The Bertz CT molecular complexity index is 394. The molecule has 0 aliphatic heterocycles. The van der Waals surface area contributed by atoms with Crippen molar-refractivity contribution in [3.05, 3.63) is 35.9 Å². The molecule has 0 spiro atoms. The fourth-order valence-electron chi connectivity index (χ4n) is 1.43. The van der Waals surface area contributed by atoms with Crippen LogP contribution in [0.4, 0.5) is 0 Å². The smallest absolute Gasteiger partial charge is 0.304 e. The molecule has 18 heavy (non-hydrogen) atoms. The number of carboxylic acid groups (broad SMARTS) is 1. The van der Waals surface area contributed by atoms with E-state index in [-0.39, 0.29) is 18.4 Å². The number of carbonyl (C=O) groups excluding carboxylic acids is 1. The monoisotopic (exact) mass is 267 g/mol. The SMILES string of the molecule is C[C@@H](NC(=O)CSCCC(=O)O)c1ccccc1. The number of nitrogens with one attached hydrogen (secondary N) is 1. The first-order valence-corrected chi connectivity index (χ1v) is 6.89. The topological polar surface area (TPSA) is 66.4 Å². The normalized spacial score (nSPS) is 11.8. The third-order valence-corrected chi connectivity index (χ3v) is 3.33. The summed E-state index contributed by atoms with van der Waals surface area (Å²) < 4.78 is 0. The number of hydrogen-bond donors (Lipinski definition) is 2. The zero-order valence-corrected chi connectivity index (χ0v) is 11.1. The number of benzene rings is 1. The third-order valence-electron chi connectivity index (χ3n) is 2.37. The van der Waals surface area contributed by atoms with Crippen molar-refractivity contribution < 1.29 is 14.7 Å². The van der Waals surface area contributed by atoms with Gasteiger partial charge in [-0.25, -0.2) is 0 Å². The predicted molar refractivity (Wildman–Crippen MR) is 72.6 cm³/mol. The summed E-state index contributed by atoms with van der Waals surface area (Å²) in [6.45, 7) is 1.93. The summed E-state index contributed by atoms with van der Waals surface area (Å²) in [5, 5.41) is 11.3. The van der Waals surface area contributed by atoms with Crippen molar-refractivity contribution in [3.63, 3.8) is 0 Å². The highest BCUT2D eigenvalue weighted by Crippen LogP contribution is 2.11. The molecule has 0 unspecified atom stereocenters. The molecule has 1 aromatic rings. The van der Waals surface area contributed by atoms with E-state index in [0.717, 1.165) is 5.56 Å². The lowest BCUT2D eigenvalue weighted by atomic mass is 10.1. The summed E-state index contributed by atoms with van der Waals surface area (Å²) in [6.07, 6.45) is 0.0895. The standard InChI is InChI=1S/C13H17NO3S/c1-10(11-5-3-2-4-6-11)14-12(15)9-18-8-7-13(16)17/h2-6,10H,7-9H2,1H3,(H,14,15)(H,16,17)/t10-/m1/s1. The Morgan fingerprint density at radius 1 is 1.33 bits per heavy atom. The Morgan fingerprint density at radius 2 is 2.00 bits per heavy atom. The molecule has 4 nitrogen and oxygen atoms in total. The fourth-order valence-corrected chi connectivity index (χ4v) is 2.16. The van der Waals surface area contributed by atoms with E-state index >= 15 is 0 Å². The van der Waals surface area contributed by atoms with E-state index in [1.54, 1.807) is 0 Å². The van der Waals surface area contributed by atoms with Crippen LogP contribution in [0.3, 0.4) is 0 Å². The van der Waals surface area contributed by atoms with Crippen LogP contribution in [0.1, 0.15) is 24.9 Å². The lowest BCUT2D eigenvalue weighted by Gasteiger charge is -2.13. The van der Waals surface area contributed by atoms with Crippen LogP contribution in [0.25, 0.3) is 0 Å². The van der Waals surface area contributed by atoms with Crippen LogP contribution in [0, 0.1) is 0 Å². The molecule has 5 heteroatoms. The zero-order chi connectivity index (χ0) is 13.4. The minimum absolute atomic E-state index is 0.0289. The Kier molecular flexibility index (Phi) is 6.28. The van der Waals surface area contributed by atoms with Gasteiger partial charge in [0.1, 0.15) is 0 Å². The van der Waals surface area contributed by atoms with Crippen LogP contribution in [-0.4, -0.2) is 28.5 Å². The number of carbonyl (C=O) groups is 2. The maximum Gasteiger partial charge on any atom is 0.304 e. The molecule has 0 radical (unpaired) electrons. The van der Waals surface area contributed by atoms with Gasteiger partial charge in [0, 0.05) is 5.75 Å². The van der Waals surface area contributed by atoms with Gasteiger partial charge in [-0.05, 0) is 12.5 Å². The van der Waals surface area contributed by atoms with Gasteiger partial charge in [-0.3, -0.25) is 9.59 Å². The second-order valence-electron chi connectivity index (χ2n) is 3.90. The average Bonchev–Trinajstić information content (AvgIpc) is 2.35. The molecule has 1 atom stereocenters. The number of rotatable bonds is 7. The van der Waals surface area contributed by atoms with E-state index in [9.17, 15) is 9.59 Å². The molecule has 1 amide bonds. The van der Waals surface area contributed by atoms with Crippen LogP contribution >= 0.6 is 11.8 Å². The molecular weight excluding hydrogens is 250 g/mol. The van der Waals surface area contributed by atoms with Crippen molar-refractivity contribution in [2.75, 3.05) is 11.5 Å². The maximum absolute atomic E-state index is 11.6. The molecular formula is C13H17NO3S. The van der Waals surface area contributed by atoms with Crippen LogP contribution < -0.4 is 5.32 Å². The van der Waals surface area contributed by atoms with E-state index in [1.165, 1.54) is 11.8 Å². The zero-order valence-electron chi connectivity index (χ0n) is 10.3. The molecule has 0 saturated carbocycles. The third kappa shape index (κ3) is 5.72. The molecule has 1 rings (SSSR count). The van der Waals surface area contributed by atoms with Crippen LogP contribution in [0.2, 0.25) is 0 Å². The van der Waals surface area contributed by atoms with Gasteiger partial charge in [-0.2, -0.15) is 11.8 Å². The van der Waals surface area contributed by atoms with Crippen molar-refractivity contribution in [3.8, 4) is 0 Å². The van der Waals surface area contributed by atoms with Crippen LogP contribution in [-0.2, 0) is 9.59 Å². The van der Waals surface area contributed by atoms with Crippen molar-refractivity contribution in [1.29, 1.82) is 0 Å². The molecule has 0 aliphatic carbocycles. The van der Waals surface area contributed by atoms with E-state index in [4.69, 9.17) is 5.11 Å². The van der Waals surface area contributed by atoms with E-state index in [1.807, 2.05) is 37.3 Å². The quantitative estimate of drug-likeness (QED) is 0.742. The van der Waals surface area contributed by atoms with Crippen molar-refractivity contribution in [1.82, 2.24) is 5.32 Å². The maximum atomic E-state index is 11.6. The van der Waals surface area contributed by atoms with Gasteiger partial charge in [-0.1, -0.05) is 30.3 Å². The first-order valence-electron chi connectivity index (χ1n) is 5.73. The molecule has 1 aromatic carbocycles. The largest absolute Gasteiger partial charge is 0.481 e. The Balaban J connectivity index is 2.26. The van der Waals surface area contributed by atoms with E-state index in [2.05, 4.69) is 5.32 Å². The molecule has 98 valence electrons. The predicted octanol–water partition coefficient (Wildman–Crippen LogP) is 2.07. The summed E-state index contributed by atoms with van der Waals surface area (Å²) in [5.74, 6) is -0.144. The van der Waals surface area contributed by atoms with Gasteiger partial charge < -0.3 is 10.4 Å². The number of thioether (sulfide) groups is 1. The second-order valence-corrected chi connectivity index (χ2v) is 5.00. The molecule has 0 aromatic heterocycles. The summed E-state index contributed by atoms with van der Waals surface area (Å²) in [5.41, 5.74) is 1.06. The lowest BCUT2D eigenvalue weighted by Crippen LogP contribution is -2.28. The number of hydrogen-bond acceptors (Lipinski definition) is 3. The highest BCUT2D eigenvalue weighted by atomic mass is 32.2. The summed E-state index contributed by atoms with van der Waals surface area (Å²) in [6, 6.07) is 9.68. The Morgan fingerprint density at radius 3 is 2.61 bits per heavy atom. The van der Waals surface area contributed by atoms with Crippen molar-refractivity contribution in [2.24, 2.45) is 0 Å². The van der Waals surface area contributed by atoms with Crippen LogP contribution in [0.5, 0.6) is 0 Å². The van der Waals surface area contributed by atoms with E-state index < -0.39 is 5.97 Å². The first-order chi connectivity index (χ1) is 8.59. The minimum atomic E-state index is -0.833. The first kappa shape index (κ1) is 14.6. The highest BCUT2D eigenvalue weighted by Gasteiger charge is 2.09. The molecule has 0 saturated heterocycles. The van der Waals surface area contributed by atoms with Crippen molar-refractivity contribution >= 4 is 23.6 Å². The van der Waals surface area contributed by atoms with Gasteiger partial charge in [0.15, 0.2) is 0 Å². The van der Waals surface area contributed by atoms with Crippen LogP contribution in [0.15, 0.2) is 30.3 Å². The molecule has 0 heterocycles. The van der Waals surface area contributed by atoms with Crippen molar-refractivity contribution in [2.45, 2.75) is 19.4 Å². The molecule has 0 aliphatic rings. The Hall–Kier alpha value is -1.49. The summed E-state index contributed by atoms with van der Waals surface area (Å²) in [7, 11) is 0.